The van der Waals surface area contributed by atoms with E-state index in [1.807, 2.05) is 25.7 Å². The predicted octanol–water partition coefficient (Wildman–Crippen LogP) is 3.24. The Bertz CT molecular complexity index is 389. The molecule has 24 heavy (non-hydrogen) atoms. The maximum absolute atomic E-state index is 12.5. The van der Waals surface area contributed by atoms with E-state index in [1.54, 1.807) is 0 Å². The number of hydrogen-bond donors (Lipinski definition) is 1. The van der Waals surface area contributed by atoms with Crippen LogP contribution in [0.15, 0.2) is 0 Å². The monoisotopic (exact) mass is 339 g/mol. The highest BCUT2D eigenvalue weighted by Gasteiger charge is 2.33. The first-order valence-electron chi connectivity index (χ1n) is 9.82. The molecule has 5 heteroatoms. The minimum atomic E-state index is -0.425. The highest BCUT2D eigenvalue weighted by molar-refractivity contribution is 5.68. The Morgan fingerprint density at radius 1 is 1.17 bits per heavy atom. The van der Waals surface area contributed by atoms with Crippen LogP contribution in [0.25, 0.3) is 0 Å². The lowest BCUT2D eigenvalue weighted by Crippen LogP contribution is -2.54. The average Bonchev–Trinajstić information content (AvgIpc) is 3.03. The van der Waals surface area contributed by atoms with Gasteiger partial charge in [0, 0.05) is 12.6 Å². The van der Waals surface area contributed by atoms with Crippen LogP contribution in [0.4, 0.5) is 4.79 Å². The van der Waals surface area contributed by atoms with Crippen molar-refractivity contribution in [3.05, 3.63) is 0 Å². The van der Waals surface area contributed by atoms with Gasteiger partial charge < -0.3 is 19.9 Å². The van der Waals surface area contributed by atoms with Crippen LogP contribution in [0.1, 0.15) is 66.2 Å². The van der Waals surface area contributed by atoms with Crippen molar-refractivity contribution in [2.75, 3.05) is 32.7 Å². The van der Waals surface area contributed by atoms with Gasteiger partial charge in [0.05, 0.1) is 6.04 Å². The molecule has 0 aromatic rings. The molecule has 0 unspecified atom stereocenters. The number of carbonyl (C=O) groups is 1. The number of carbonyl (C=O) groups excluding carboxylic acids is 1. The number of nitrogens with zero attached hydrogens (tertiary/aromatic N) is 2. The van der Waals surface area contributed by atoms with Gasteiger partial charge in [0.25, 0.3) is 0 Å². The second-order valence-electron chi connectivity index (χ2n) is 8.38. The normalized spacial score (nSPS) is 24.2. The third-order valence-corrected chi connectivity index (χ3v) is 5.07. The van der Waals surface area contributed by atoms with E-state index in [1.165, 1.54) is 45.3 Å². The lowest BCUT2D eigenvalue weighted by molar-refractivity contribution is 0.00559. The van der Waals surface area contributed by atoms with Gasteiger partial charge in [-0.25, -0.2) is 4.79 Å². The summed E-state index contributed by atoms with van der Waals surface area (Å²) in [6.07, 6.45) is 7.09. The van der Waals surface area contributed by atoms with E-state index in [2.05, 4.69) is 17.1 Å². The van der Waals surface area contributed by atoms with Crippen molar-refractivity contribution < 1.29 is 9.53 Å². The van der Waals surface area contributed by atoms with E-state index in [9.17, 15) is 4.79 Å². The summed E-state index contributed by atoms with van der Waals surface area (Å²) in [7, 11) is 0. The summed E-state index contributed by atoms with van der Waals surface area (Å²) in [6.45, 7) is 13.6. The first kappa shape index (κ1) is 19.5. The third kappa shape index (κ3) is 6.25. The van der Waals surface area contributed by atoms with E-state index in [4.69, 9.17) is 4.74 Å². The zero-order valence-electron chi connectivity index (χ0n) is 16.1. The van der Waals surface area contributed by atoms with Crippen LogP contribution >= 0.6 is 0 Å². The Kier molecular flexibility index (Phi) is 7.35. The van der Waals surface area contributed by atoms with Gasteiger partial charge in [0.2, 0.25) is 0 Å². The summed E-state index contributed by atoms with van der Waals surface area (Å²) in [4.78, 5) is 17.0. The molecule has 2 heterocycles. The fourth-order valence-electron chi connectivity index (χ4n) is 3.80. The summed E-state index contributed by atoms with van der Waals surface area (Å²) >= 11 is 0. The molecule has 2 saturated heterocycles. The van der Waals surface area contributed by atoms with Crippen molar-refractivity contribution in [1.29, 1.82) is 0 Å². The molecule has 2 aliphatic rings. The standard InChI is InChI=1S/C19H37N3O2/c1-16(20-11-9-14-21-12-7-8-13-21)17-10-5-6-15-22(17)18(23)24-19(2,3)4/h16-17,20H,5-15H2,1-4H3/t16-,17-/m1/s1. The van der Waals surface area contributed by atoms with E-state index in [0.29, 0.717) is 6.04 Å². The third-order valence-electron chi connectivity index (χ3n) is 5.07. The maximum atomic E-state index is 12.5. The van der Waals surface area contributed by atoms with Gasteiger partial charge in [-0.3, -0.25) is 0 Å². The minimum absolute atomic E-state index is 0.155. The Morgan fingerprint density at radius 3 is 2.50 bits per heavy atom. The number of nitrogens with one attached hydrogen (secondary N) is 1. The number of likely N-dealkylation sites (tertiary alicyclic amines) is 2. The fourth-order valence-corrected chi connectivity index (χ4v) is 3.80. The van der Waals surface area contributed by atoms with Gasteiger partial charge in [0.1, 0.15) is 5.60 Å². The lowest BCUT2D eigenvalue weighted by atomic mass is 9.97. The molecular formula is C19H37N3O2. The highest BCUT2D eigenvalue weighted by Crippen LogP contribution is 2.22. The van der Waals surface area contributed by atoms with Crippen molar-refractivity contribution >= 4 is 6.09 Å². The SMILES string of the molecule is C[C@@H](NCCCN1CCCC1)[C@H]1CCCCN1C(=O)OC(C)(C)C. The second-order valence-corrected chi connectivity index (χ2v) is 8.38. The van der Waals surface area contributed by atoms with E-state index in [0.717, 1.165) is 25.9 Å². The molecule has 0 bridgehead atoms. The van der Waals surface area contributed by atoms with Crippen molar-refractivity contribution in [3.63, 3.8) is 0 Å². The van der Waals surface area contributed by atoms with Crippen LogP contribution in [0, 0.1) is 0 Å². The van der Waals surface area contributed by atoms with Crippen LogP contribution in [0.5, 0.6) is 0 Å². The van der Waals surface area contributed by atoms with Crippen LogP contribution in [-0.4, -0.2) is 66.3 Å². The molecule has 0 saturated carbocycles. The molecule has 140 valence electrons. The molecule has 1 amide bonds. The zero-order chi connectivity index (χ0) is 17.6. The molecule has 0 aromatic heterocycles. The topological polar surface area (TPSA) is 44.8 Å². The van der Waals surface area contributed by atoms with Gasteiger partial charge in [0.15, 0.2) is 0 Å². The van der Waals surface area contributed by atoms with Gasteiger partial charge in [-0.15, -0.1) is 0 Å². The van der Waals surface area contributed by atoms with Crippen LogP contribution in [-0.2, 0) is 4.74 Å². The zero-order valence-corrected chi connectivity index (χ0v) is 16.1. The summed E-state index contributed by atoms with van der Waals surface area (Å²) in [6, 6.07) is 0.566. The highest BCUT2D eigenvalue weighted by atomic mass is 16.6. The second kappa shape index (κ2) is 9.04. The molecule has 1 N–H and O–H groups in total. The number of hydrogen-bond acceptors (Lipinski definition) is 4. The van der Waals surface area contributed by atoms with Crippen molar-refractivity contribution in [1.82, 2.24) is 15.1 Å². The number of amides is 1. The molecular weight excluding hydrogens is 302 g/mol. The van der Waals surface area contributed by atoms with E-state index in [-0.39, 0.29) is 12.1 Å². The number of ether oxygens (including phenoxy) is 1. The van der Waals surface area contributed by atoms with Crippen LogP contribution in [0.3, 0.4) is 0 Å². The molecule has 2 atom stereocenters. The van der Waals surface area contributed by atoms with Crippen molar-refractivity contribution in [2.45, 2.75) is 83.9 Å². The van der Waals surface area contributed by atoms with E-state index < -0.39 is 5.60 Å². The Labute approximate surface area is 148 Å². The predicted molar refractivity (Wildman–Crippen MR) is 98.3 cm³/mol. The quantitative estimate of drug-likeness (QED) is 0.755. The van der Waals surface area contributed by atoms with Crippen LogP contribution in [0.2, 0.25) is 0 Å². The minimum Gasteiger partial charge on any atom is -0.444 e. The fraction of sp³-hybridized carbons (Fsp3) is 0.947. The van der Waals surface area contributed by atoms with Gasteiger partial charge in [-0.1, -0.05) is 0 Å². The molecule has 2 rings (SSSR count). The molecule has 2 aliphatic heterocycles. The summed E-state index contributed by atoms with van der Waals surface area (Å²) in [5.41, 5.74) is -0.425. The van der Waals surface area contributed by atoms with Gasteiger partial charge in [-0.05, 0) is 92.4 Å². The molecule has 2 fully saturated rings. The molecule has 0 aromatic carbocycles. The summed E-state index contributed by atoms with van der Waals surface area (Å²) in [5, 5.41) is 3.65. The maximum Gasteiger partial charge on any atom is 0.410 e. The Hall–Kier alpha value is -0.810. The lowest BCUT2D eigenvalue weighted by Gasteiger charge is -2.40. The van der Waals surface area contributed by atoms with Crippen LogP contribution < -0.4 is 5.32 Å². The summed E-state index contributed by atoms with van der Waals surface area (Å²) in [5.74, 6) is 0. The van der Waals surface area contributed by atoms with Crippen molar-refractivity contribution in [3.8, 4) is 0 Å². The molecule has 0 radical (unpaired) electrons. The average molecular weight is 340 g/mol. The Balaban J connectivity index is 1.76. The van der Waals surface area contributed by atoms with Gasteiger partial charge >= 0.3 is 6.09 Å². The smallest absolute Gasteiger partial charge is 0.410 e. The van der Waals surface area contributed by atoms with E-state index >= 15 is 0 Å². The van der Waals surface area contributed by atoms with Gasteiger partial charge in [-0.2, -0.15) is 0 Å². The molecule has 5 nitrogen and oxygen atoms in total. The largest absolute Gasteiger partial charge is 0.444 e. The summed E-state index contributed by atoms with van der Waals surface area (Å²) < 4.78 is 5.60. The number of rotatable bonds is 6. The van der Waals surface area contributed by atoms with Crippen molar-refractivity contribution in [2.24, 2.45) is 0 Å². The molecule has 0 spiro atoms. The first-order valence-corrected chi connectivity index (χ1v) is 9.82. The number of piperidine rings is 1. The Morgan fingerprint density at radius 2 is 1.83 bits per heavy atom. The first-order chi connectivity index (χ1) is 11.4. The molecule has 0 aliphatic carbocycles.